The summed E-state index contributed by atoms with van der Waals surface area (Å²) in [6.45, 7) is 0. The predicted molar refractivity (Wildman–Crippen MR) is 92.5 cm³/mol. The Labute approximate surface area is 132 Å². The summed E-state index contributed by atoms with van der Waals surface area (Å²) in [6.07, 6.45) is 3.72. The fraction of sp³-hybridized carbons (Fsp3) is 0. The van der Waals surface area contributed by atoms with Crippen LogP contribution in [0.4, 0.5) is 11.8 Å². The first kappa shape index (κ1) is 13.4. The largest absolute Gasteiger partial charge is 0.368 e. The molecule has 0 radical (unpaired) electrons. The average molecular weight is 302 g/mol. The van der Waals surface area contributed by atoms with Gasteiger partial charge in [0.05, 0.1) is 5.52 Å². The van der Waals surface area contributed by atoms with Gasteiger partial charge in [-0.05, 0) is 23.1 Å². The Kier molecular flexibility index (Phi) is 3.03. The van der Waals surface area contributed by atoms with Crippen LogP contribution in [0.3, 0.4) is 0 Å². The van der Waals surface area contributed by atoms with Crippen molar-refractivity contribution in [2.24, 2.45) is 5.84 Å². The van der Waals surface area contributed by atoms with E-state index in [9.17, 15) is 0 Å². The fourth-order valence-electron chi connectivity index (χ4n) is 2.77. The summed E-state index contributed by atoms with van der Waals surface area (Å²) in [6, 6.07) is 14.0. The van der Waals surface area contributed by atoms with E-state index in [0.717, 1.165) is 32.8 Å². The highest BCUT2D eigenvalue weighted by molar-refractivity contribution is 5.99. The van der Waals surface area contributed by atoms with Crippen LogP contribution >= 0.6 is 0 Å². The molecule has 0 aliphatic carbocycles. The maximum atomic E-state index is 5.70. The Hall–Kier alpha value is -3.25. The van der Waals surface area contributed by atoms with Gasteiger partial charge in [-0.25, -0.2) is 10.8 Å². The SMILES string of the molecule is NNc1nc(N)nc2ccc(-c3cncc4ccccc34)cc12. The number of nitrogen functional groups attached to an aromatic ring is 2. The predicted octanol–water partition coefficient (Wildman–Crippen LogP) is 2.71. The van der Waals surface area contributed by atoms with Gasteiger partial charge in [0.2, 0.25) is 5.95 Å². The Morgan fingerprint density at radius 3 is 2.65 bits per heavy atom. The van der Waals surface area contributed by atoms with Crippen molar-refractivity contribution < 1.29 is 0 Å². The van der Waals surface area contributed by atoms with Crippen molar-refractivity contribution in [1.29, 1.82) is 0 Å². The van der Waals surface area contributed by atoms with E-state index in [0.29, 0.717) is 5.82 Å². The first-order valence-corrected chi connectivity index (χ1v) is 7.13. The van der Waals surface area contributed by atoms with Gasteiger partial charge in [-0.15, -0.1) is 0 Å². The van der Waals surface area contributed by atoms with E-state index in [-0.39, 0.29) is 5.95 Å². The number of nitrogens with one attached hydrogen (secondary N) is 1. The molecule has 0 fully saturated rings. The van der Waals surface area contributed by atoms with Crippen LogP contribution in [0.15, 0.2) is 54.9 Å². The molecular weight excluding hydrogens is 288 g/mol. The molecule has 23 heavy (non-hydrogen) atoms. The number of hydrogen-bond acceptors (Lipinski definition) is 6. The van der Waals surface area contributed by atoms with E-state index >= 15 is 0 Å². The van der Waals surface area contributed by atoms with Crippen molar-refractivity contribution in [1.82, 2.24) is 15.0 Å². The zero-order chi connectivity index (χ0) is 15.8. The molecule has 2 heterocycles. The number of rotatable bonds is 2. The molecule has 0 bridgehead atoms. The summed E-state index contributed by atoms with van der Waals surface area (Å²) >= 11 is 0. The van der Waals surface area contributed by atoms with E-state index in [1.54, 1.807) is 0 Å². The van der Waals surface area contributed by atoms with Gasteiger partial charge < -0.3 is 11.2 Å². The number of benzene rings is 2. The molecule has 2 aromatic heterocycles. The van der Waals surface area contributed by atoms with Crippen LogP contribution in [-0.2, 0) is 0 Å². The second kappa shape index (κ2) is 5.19. The average Bonchev–Trinajstić information content (AvgIpc) is 2.60. The van der Waals surface area contributed by atoms with Crippen molar-refractivity contribution in [2.45, 2.75) is 0 Å². The third kappa shape index (κ3) is 2.21. The van der Waals surface area contributed by atoms with Crippen LogP contribution in [-0.4, -0.2) is 15.0 Å². The molecule has 4 aromatic rings. The van der Waals surface area contributed by atoms with Gasteiger partial charge in [0.15, 0.2) is 5.82 Å². The van der Waals surface area contributed by atoms with Gasteiger partial charge in [0, 0.05) is 28.7 Å². The molecule has 0 aliphatic heterocycles. The molecule has 0 saturated carbocycles. The zero-order valence-electron chi connectivity index (χ0n) is 12.2. The van der Waals surface area contributed by atoms with Crippen LogP contribution in [0, 0.1) is 0 Å². The third-order valence-electron chi connectivity index (χ3n) is 3.83. The molecule has 6 nitrogen and oxygen atoms in total. The van der Waals surface area contributed by atoms with Gasteiger partial charge in [0.1, 0.15) is 0 Å². The number of fused-ring (bicyclic) bond motifs is 2. The van der Waals surface area contributed by atoms with Gasteiger partial charge in [-0.1, -0.05) is 30.3 Å². The number of aromatic nitrogens is 3. The van der Waals surface area contributed by atoms with Crippen LogP contribution < -0.4 is 17.0 Å². The van der Waals surface area contributed by atoms with Crippen molar-refractivity contribution in [3.8, 4) is 11.1 Å². The van der Waals surface area contributed by atoms with Crippen LogP contribution in [0.2, 0.25) is 0 Å². The highest BCUT2D eigenvalue weighted by Gasteiger charge is 2.09. The standard InChI is InChI=1S/C17H14N6/c18-17-21-15-6-5-10(7-13(15)16(22-17)23-19)14-9-20-8-11-3-1-2-4-12(11)14/h1-9H,19H2,(H3,18,21,22,23). The van der Waals surface area contributed by atoms with Crippen LogP contribution in [0.5, 0.6) is 0 Å². The highest BCUT2D eigenvalue weighted by Crippen LogP contribution is 2.31. The van der Waals surface area contributed by atoms with E-state index < -0.39 is 0 Å². The first-order valence-electron chi connectivity index (χ1n) is 7.13. The summed E-state index contributed by atoms with van der Waals surface area (Å²) in [5, 5.41) is 3.04. The van der Waals surface area contributed by atoms with Crippen molar-refractivity contribution in [3.63, 3.8) is 0 Å². The smallest absolute Gasteiger partial charge is 0.222 e. The zero-order valence-corrected chi connectivity index (χ0v) is 12.2. The van der Waals surface area contributed by atoms with Crippen molar-refractivity contribution in [2.75, 3.05) is 11.2 Å². The molecule has 6 heteroatoms. The maximum absolute atomic E-state index is 5.70. The summed E-state index contributed by atoms with van der Waals surface area (Å²) in [5.41, 5.74) is 11.1. The lowest BCUT2D eigenvalue weighted by Crippen LogP contribution is -2.11. The number of nitrogens with zero attached hydrogens (tertiary/aromatic N) is 3. The molecule has 0 aliphatic rings. The van der Waals surface area contributed by atoms with Crippen molar-refractivity contribution in [3.05, 3.63) is 54.9 Å². The molecule has 0 amide bonds. The summed E-state index contributed by atoms with van der Waals surface area (Å²) in [5.74, 6) is 6.24. The lowest BCUT2D eigenvalue weighted by atomic mass is 10.00. The molecule has 4 rings (SSSR count). The van der Waals surface area contributed by atoms with Gasteiger partial charge >= 0.3 is 0 Å². The molecule has 0 spiro atoms. The molecule has 5 N–H and O–H groups in total. The summed E-state index contributed by atoms with van der Waals surface area (Å²) in [7, 11) is 0. The van der Waals surface area contributed by atoms with E-state index in [2.05, 4.69) is 26.4 Å². The molecule has 112 valence electrons. The molecule has 0 saturated heterocycles. The molecular formula is C17H14N6. The van der Waals surface area contributed by atoms with Gasteiger partial charge in [0.25, 0.3) is 0 Å². The van der Waals surface area contributed by atoms with Crippen molar-refractivity contribution >= 4 is 33.4 Å². The number of anilines is 2. The topological polar surface area (TPSA) is 103 Å². The minimum absolute atomic E-state index is 0.185. The second-order valence-corrected chi connectivity index (χ2v) is 5.21. The van der Waals surface area contributed by atoms with E-state index in [1.165, 1.54) is 0 Å². The van der Waals surface area contributed by atoms with Crippen LogP contribution in [0.1, 0.15) is 0 Å². The monoisotopic (exact) mass is 302 g/mol. The Balaban J connectivity index is 2.00. The molecule has 0 atom stereocenters. The normalized spacial score (nSPS) is 11.0. The second-order valence-electron chi connectivity index (χ2n) is 5.21. The quantitative estimate of drug-likeness (QED) is 0.388. The summed E-state index contributed by atoms with van der Waals surface area (Å²) < 4.78 is 0. The number of hydrogen-bond donors (Lipinski definition) is 3. The molecule has 0 unspecified atom stereocenters. The fourth-order valence-corrected chi connectivity index (χ4v) is 2.77. The van der Waals surface area contributed by atoms with Crippen LogP contribution in [0.25, 0.3) is 32.8 Å². The third-order valence-corrected chi connectivity index (χ3v) is 3.83. The number of nitrogens with two attached hydrogens (primary N) is 2. The lowest BCUT2D eigenvalue weighted by molar-refractivity contribution is 1.19. The minimum atomic E-state index is 0.185. The summed E-state index contributed by atoms with van der Waals surface area (Å²) in [4.78, 5) is 12.7. The Morgan fingerprint density at radius 2 is 1.78 bits per heavy atom. The highest BCUT2D eigenvalue weighted by atomic mass is 15.3. The Morgan fingerprint density at radius 1 is 0.913 bits per heavy atom. The van der Waals surface area contributed by atoms with Gasteiger partial charge in [-0.3, -0.25) is 4.98 Å². The lowest BCUT2D eigenvalue weighted by Gasteiger charge is -2.10. The maximum Gasteiger partial charge on any atom is 0.222 e. The van der Waals surface area contributed by atoms with E-state index in [4.69, 9.17) is 11.6 Å². The Bertz CT molecular complexity index is 1020. The number of pyridine rings is 1. The minimum Gasteiger partial charge on any atom is -0.368 e. The number of hydrazine groups is 1. The van der Waals surface area contributed by atoms with Gasteiger partial charge in [-0.2, -0.15) is 4.98 Å². The van der Waals surface area contributed by atoms with E-state index in [1.807, 2.05) is 48.8 Å². The molecule has 2 aromatic carbocycles. The first-order chi connectivity index (χ1) is 11.3.